The molecule has 0 bridgehead atoms. The van der Waals surface area contributed by atoms with Gasteiger partial charge in [-0.2, -0.15) is 0 Å². The normalized spacial score (nSPS) is 19.6. The molecular formula is C20H23ClFN5O2. The maximum absolute atomic E-state index is 13.7. The molecule has 1 unspecified atom stereocenters. The van der Waals surface area contributed by atoms with E-state index in [4.69, 9.17) is 16.3 Å². The lowest BCUT2D eigenvalue weighted by molar-refractivity contribution is 0.188. The summed E-state index contributed by atoms with van der Waals surface area (Å²) in [5.74, 6) is 0.0630. The van der Waals surface area contributed by atoms with Gasteiger partial charge in [-0.1, -0.05) is 17.7 Å². The highest BCUT2D eigenvalue weighted by molar-refractivity contribution is 6.30. The number of rotatable bonds is 4. The first-order valence-electron chi connectivity index (χ1n) is 9.69. The Hall–Kier alpha value is -2.45. The molecule has 0 radical (unpaired) electrons. The summed E-state index contributed by atoms with van der Waals surface area (Å²) >= 11 is 5.73. The first kappa shape index (κ1) is 19.8. The quantitative estimate of drug-likeness (QED) is 0.794. The number of fused-ring (bicyclic) bond motifs is 1. The second-order valence-electron chi connectivity index (χ2n) is 7.39. The molecule has 1 fully saturated rings. The van der Waals surface area contributed by atoms with Gasteiger partial charge in [-0.3, -0.25) is 0 Å². The fraction of sp³-hybridized carbons (Fsp3) is 0.450. The Morgan fingerprint density at radius 2 is 2.31 bits per heavy atom. The molecule has 29 heavy (non-hydrogen) atoms. The van der Waals surface area contributed by atoms with E-state index >= 15 is 0 Å². The number of ether oxygens (including phenoxy) is 1. The smallest absolute Gasteiger partial charge is 0.318 e. The second-order valence-corrected chi connectivity index (χ2v) is 7.79. The standard InChI is InChI=1S/C20H23ClFN5O2/c1-12(13-2-3-16(21)17(22)8-13)24-20(28)27-6-4-14-9-23-19(26-18(14)10-27)25-15-5-7-29-11-15/h2-3,8-9,12,15H,4-7,10-11H2,1H3,(H,24,28)(H,23,25,26)/t12-,15?/m1/s1. The predicted octanol–water partition coefficient (Wildman–Crippen LogP) is 3.30. The lowest BCUT2D eigenvalue weighted by Crippen LogP contribution is -2.44. The van der Waals surface area contributed by atoms with Gasteiger partial charge in [0.15, 0.2) is 0 Å². The zero-order chi connectivity index (χ0) is 20.4. The Morgan fingerprint density at radius 1 is 1.45 bits per heavy atom. The molecule has 4 rings (SSSR count). The van der Waals surface area contributed by atoms with E-state index in [-0.39, 0.29) is 23.1 Å². The van der Waals surface area contributed by atoms with E-state index in [9.17, 15) is 9.18 Å². The zero-order valence-corrected chi connectivity index (χ0v) is 16.9. The lowest BCUT2D eigenvalue weighted by atomic mass is 10.1. The number of halogens is 2. The van der Waals surface area contributed by atoms with E-state index in [1.807, 2.05) is 13.1 Å². The molecule has 1 saturated heterocycles. The van der Waals surface area contributed by atoms with Crippen LogP contribution in [0.15, 0.2) is 24.4 Å². The van der Waals surface area contributed by atoms with Crippen LogP contribution in [0.5, 0.6) is 0 Å². The monoisotopic (exact) mass is 419 g/mol. The number of anilines is 1. The first-order chi connectivity index (χ1) is 14.0. The summed E-state index contributed by atoms with van der Waals surface area (Å²) in [4.78, 5) is 23.4. The van der Waals surface area contributed by atoms with Crippen LogP contribution in [0.4, 0.5) is 15.1 Å². The molecule has 2 atom stereocenters. The van der Waals surface area contributed by atoms with E-state index < -0.39 is 5.82 Å². The Balaban J connectivity index is 1.40. The fourth-order valence-corrected chi connectivity index (χ4v) is 3.64. The molecule has 0 aliphatic carbocycles. The summed E-state index contributed by atoms with van der Waals surface area (Å²) in [6.45, 7) is 4.19. The number of hydrogen-bond donors (Lipinski definition) is 2. The third-order valence-corrected chi connectivity index (χ3v) is 5.59. The average molecular weight is 420 g/mol. The van der Waals surface area contributed by atoms with Crippen LogP contribution in [0, 0.1) is 5.82 Å². The topological polar surface area (TPSA) is 79.4 Å². The van der Waals surface area contributed by atoms with Gasteiger partial charge in [0.25, 0.3) is 0 Å². The number of aromatic nitrogens is 2. The highest BCUT2D eigenvalue weighted by Gasteiger charge is 2.24. The Morgan fingerprint density at radius 3 is 3.07 bits per heavy atom. The highest BCUT2D eigenvalue weighted by atomic mass is 35.5. The molecule has 7 nitrogen and oxygen atoms in total. The van der Waals surface area contributed by atoms with Gasteiger partial charge in [0.2, 0.25) is 5.95 Å². The van der Waals surface area contributed by atoms with Crippen LogP contribution in [-0.2, 0) is 17.7 Å². The Labute approximate surface area is 173 Å². The van der Waals surface area contributed by atoms with Gasteiger partial charge in [-0.15, -0.1) is 0 Å². The van der Waals surface area contributed by atoms with Gasteiger partial charge < -0.3 is 20.3 Å². The van der Waals surface area contributed by atoms with Crippen molar-refractivity contribution in [2.45, 2.75) is 38.4 Å². The average Bonchev–Trinajstić information content (AvgIpc) is 3.22. The lowest BCUT2D eigenvalue weighted by Gasteiger charge is -2.29. The molecular weight excluding hydrogens is 397 g/mol. The number of urea groups is 1. The first-order valence-corrected chi connectivity index (χ1v) is 10.1. The van der Waals surface area contributed by atoms with Crippen molar-refractivity contribution in [3.05, 3.63) is 52.1 Å². The molecule has 154 valence electrons. The Bertz CT molecular complexity index is 906. The van der Waals surface area contributed by atoms with E-state index in [0.717, 1.165) is 24.3 Å². The number of amides is 2. The molecule has 2 amide bonds. The predicted molar refractivity (Wildman–Crippen MR) is 107 cm³/mol. The molecule has 2 aliphatic heterocycles. The van der Waals surface area contributed by atoms with Crippen molar-refractivity contribution in [1.82, 2.24) is 20.2 Å². The van der Waals surface area contributed by atoms with Crippen molar-refractivity contribution in [3.8, 4) is 0 Å². The van der Waals surface area contributed by atoms with Gasteiger partial charge in [-0.25, -0.2) is 19.2 Å². The summed E-state index contributed by atoms with van der Waals surface area (Å²) in [6, 6.07) is 4.21. The van der Waals surface area contributed by atoms with Crippen molar-refractivity contribution < 1.29 is 13.9 Å². The van der Waals surface area contributed by atoms with Crippen LogP contribution in [0.2, 0.25) is 5.02 Å². The second kappa shape index (κ2) is 8.51. The third kappa shape index (κ3) is 4.59. The maximum atomic E-state index is 13.7. The largest absolute Gasteiger partial charge is 0.379 e. The number of carbonyl (C=O) groups is 1. The molecule has 0 spiro atoms. The summed E-state index contributed by atoms with van der Waals surface area (Å²) in [5.41, 5.74) is 2.55. The molecule has 0 saturated carbocycles. The summed E-state index contributed by atoms with van der Waals surface area (Å²) in [6.07, 6.45) is 3.45. The third-order valence-electron chi connectivity index (χ3n) is 5.28. The molecule has 2 N–H and O–H groups in total. The summed E-state index contributed by atoms with van der Waals surface area (Å²) < 4.78 is 19.1. The number of nitrogens with one attached hydrogen (secondary N) is 2. The van der Waals surface area contributed by atoms with Gasteiger partial charge in [-0.05, 0) is 43.0 Å². The van der Waals surface area contributed by atoms with Crippen LogP contribution in [-0.4, -0.2) is 46.7 Å². The van der Waals surface area contributed by atoms with E-state index in [1.165, 1.54) is 12.1 Å². The van der Waals surface area contributed by atoms with E-state index in [0.29, 0.717) is 37.6 Å². The van der Waals surface area contributed by atoms with Crippen LogP contribution in [0.3, 0.4) is 0 Å². The van der Waals surface area contributed by atoms with Crippen LogP contribution >= 0.6 is 11.6 Å². The minimum atomic E-state index is -0.499. The molecule has 2 aromatic rings. The summed E-state index contributed by atoms with van der Waals surface area (Å²) in [5, 5.41) is 6.27. The van der Waals surface area contributed by atoms with E-state index in [2.05, 4.69) is 20.6 Å². The van der Waals surface area contributed by atoms with Crippen molar-refractivity contribution in [2.75, 3.05) is 25.1 Å². The number of carbonyl (C=O) groups excluding carboxylic acids is 1. The number of benzene rings is 1. The summed E-state index contributed by atoms with van der Waals surface area (Å²) in [7, 11) is 0. The van der Waals surface area contributed by atoms with Crippen LogP contribution < -0.4 is 10.6 Å². The van der Waals surface area contributed by atoms with Crippen LogP contribution in [0.1, 0.15) is 36.2 Å². The molecule has 3 heterocycles. The van der Waals surface area contributed by atoms with Crippen molar-refractivity contribution >= 4 is 23.6 Å². The number of hydrogen-bond acceptors (Lipinski definition) is 5. The van der Waals surface area contributed by atoms with Gasteiger partial charge >= 0.3 is 6.03 Å². The van der Waals surface area contributed by atoms with Gasteiger partial charge in [0.05, 0.1) is 36.0 Å². The van der Waals surface area contributed by atoms with Crippen molar-refractivity contribution in [3.63, 3.8) is 0 Å². The van der Waals surface area contributed by atoms with E-state index in [1.54, 1.807) is 11.0 Å². The fourth-order valence-electron chi connectivity index (χ4n) is 3.52. The van der Waals surface area contributed by atoms with Crippen LogP contribution in [0.25, 0.3) is 0 Å². The SMILES string of the molecule is C[C@@H](NC(=O)N1CCc2cnc(NC3CCOC3)nc2C1)c1ccc(Cl)c(F)c1. The Kier molecular flexibility index (Phi) is 5.82. The van der Waals surface area contributed by atoms with Crippen molar-refractivity contribution in [2.24, 2.45) is 0 Å². The zero-order valence-electron chi connectivity index (χ0n) is 16.1. The maximum Gasteiger partial charge on any atom is 0.318 e. The molecule has 9 heteroatoms. The molecule has 1 aromatic heterocycles. The van der Waals surface area contributed by atoms with Gasteiger partial charge in [0.1, 0.15) is 5.82 Å². The number of nitrogens with zero attached hydrogens (tertiary/aromatic N) is 3. The molecule has 2 aliphatic rings. The highest BCUT2D eigenvalue weighted by Crippen LogP contribution is 2.22. The van der Waals surface area contributed by atoms with Crippen molar-refractivity contribution in [1.29, 1.82) is 0 Å². The van der Waals surface area contributed by atoms with Gasteiger partial charge in [0, 0.05) is 19.3 Å². The minimum absolute atomic E-state index is 0.0631. The minimum Gasteiger partial charge on any atom is -0.379 e. The molecule has 1 aromatic carbocycles.